The molecule has 0 aromatic heterocycles. The van der Waals surface area contributed by atoms with Gasteiger partial charge in [0, 0.05) is 0 Å². The van der Waals surface area contributed by atoms with Gasteiger partial charge in [0.2, 0.25) is 0 Å². The molecular weight excluding hydrogens is 204 g/mol. The highest BCUT2D eigenvalue weighted by Crippen LogP contribution is 2.48. The first-order valence-corrected chi connectivity index (χ1v) is 7.80. The van der Waals surface area contributed by atoms with E-state index >= 15 is 0 Å². The van der Waals surface area contributed by atoms with Crippen molar-refractivity contribution in [3.63, 3.8) is 0 Å². The minimum Gasteiger partial charge on any atom is -0.0654 e. The molecule has 0 N–H and O–H groups in total. The Balaban J connectivity index is 4.92. The van der Waals surface area contributed by atoms with Crippen molar-refractivity contribution in [1.29, 1.82) is 0 Å². The molecule has 0 spiro atoms. The van der Waals surface area contributed by atoms with Gasteiger partial charge in [-0.1, -0.05) is 74.1 Å². The van der Waals surface area contributed by atoms with E-state index in [1.807, 2.05) is 5.92 Å². The molecule has 0 saturated carbocycles. The van der Waals surface area contributed by atoms with E-state index in [0.717, 1.165) is 11.8 Å². The average Bonchev–Trinajstić information content (AvgIpc) is 2.28. The number of rotatable bonds is 9. The highest BCUT2D eigenvalue weighted by atomic mass is 14.4. The molecule has 0 amide bonds. The highest BCUT2D eigenvalue weighted by Gasteiger charge is 2.38. The molecule has 17 heavy (non-hydrogen) atoms. The lowest BCUT2D eigenvalue weighted by Crippen LogP contribution is -2.35. The summed E-state index contributed by atoms with van der Waals surface area (Å²) < 4.78 is 0. The van der Waals surface area contributed by atoms with Crippen LogP contribution in [0.25, 0.3) is 0 Å². The molecule has 0 bridgehead atoms. The predicted molar refractivity (Wildman–Crippen MR) is 80.1 cm³/mol. The maximum atomic E-state index is 2.52. The van der Waals surface area contributed by atoms with Crippen LogP contribution >= 0.6 is 0 Å². The molecule has 0 aromatic carbocycles. The van der Waals surface area contributed by atoms with E-state index in [4.69, 9.17) is 0 Å². The summed E-state index contributed by atoms with van der Waals surface area (Å²) in [7, 11) is 0. The van der Waals surface area contributed by atoms with Crippen LogP contribution in [0.5, 0.6) is 0 Å². The molecule has 0 heterocycles. The van der Waals surface area contributed by atoms with Gasteiger partial charge in [0.15, 0.2) is 0 Å². The Kier molecular flexibility index (Phi) is 8.16. The third kappa shape index (κ3) is 4.64. The maximum absolute atomic E-state index is 2.52. The van der Waals surface area contributed by atoms with Crippen molar-refractivity contribution in [3.8, 4) is 0 Å². The molecule has 2 unspecified atom stereocenters. The Morgan fingerprint density at radius 1 is 1.00 bits per heavy atom. The van der Waals surface area contributed by atoms with Crippen LogP contribution in [0.3, 0.4) is 0 Å². The monoisotopic (exact) mass is 239 g/mol. The van der Waals surface area contributed by atoms with Crippen LogP contribution in [0, 0.1) is 23.2 Å². The first-order valence-electron chi connectivity index (χ1n) is 7.80. The Bertz CT molecular complexity index is 182. The smallest absolute Gasteiger partial charge is 0.0154 e. The molecule has 103 valence electrons. The van der Waals surface area contributed by atoms with Crippen molar-refractivity contribution in [1.82, 2.24) is 0 Å². The molecule has 0 saturated heterocycles. The standard InChI is InChI=1S/C17H35/c1-8-11-12-16(14(4)5)17(7,13-9-2)15(6)10-3/h14-15H,8-13H2,1-7H3. The first kappa shape index (κ1) is 17.0. The van der Waals surface area contributed by atoms with Crippen molar-refractivity contribution in [2.24, 2.45) is 17.3 Å². The van der Waals surface area contributed by atoms with E-state index in [0.29, 0.717) is 5.41 Å². The fourth-order valence-electron chi connectivity index (χ4n) is 3.29. The zero-order chi connectivity index (χ0) is 13.5. The molecule has 1 radical (unpaired) electrons. The van der Waals surface area contributed by atoms with Crippen LogP contribution < -0.4 is 0 Å². The molecule has 2 atom stereocenters. The molecule has 0 heteroatoms. The van der Waals surface area contributed by atoms with Crippen LogP contribution in [0.2, 0.25) is 0 Å². The Hall–Kier alpha value is 0. The van der Waals surface area contributed by atoms with Crippen molar-refractivity contribution in [3.05, 3.63) is 5.92 Å². The van der Waals surface area contributed by atoms with E-state index in [2.05, 4.69) is 48.5 Å². The SMILES string of the molecule is CCCC[C](C(C)C)C(C)(CCC)C(C)CC. The second-order valence-corrected chi connectivity index (χ2v) is 6.26. The lowest BCUT2D eigenvalue weighted by Gasteiger charge is -2.44. The van der Waals surface area contributed by atoms with Crippen LogP contribution in [0.1, 0.15) is 87.0 Å². The van der Waals surface area contributed by atoms with E-state index in [9.17, 15) is 0 Å². The summed E-state index contributed by atoms with van der Waals surface area (Å²) in [5.74, 6) is 3.39. The van der Waals surface area contributed by atoms with Crippen molar-refractivity contribution in [2.75, 3.05) is 0 Å². The van der Waals surface area contributed by atoms with Gasteiger partial charge in [-0.25, -0.2) is 0 Å². The molecular formula is C17H35. The molecule has 0 aliphatic carbocycles. The summed E-state index contributed by atoms with van der Waals surface area (Å²) in [5, 5.41) is 0. The second kappa shape index (κ2) is 8.16. The summed E-state index contributed by atoms with van der Waals surface area (Å²) in [4.78, 5) is 0. The van der Waals surface area contributed by atoms with Gasteiger partial charge >= 0.3 is 0 Å². The van der Waals surface area contributed by atoms with E-state index < -0.39 is 0 Å². The topological polar surface area (TPSA) is 0 Å². The molecule has 0 fully saturated rings. The lowest BCUT2D eigenvalue weighted by molar-refractivity contribution is 0.159. The van der Waals surface area contributed by atoms with Gasteiger partial charge in [-0.2, -0.15) is 0 Å². The van der Waals surface area contributed by atoms with Gasteiger partial charge in [-0.05, 0) is 36.0 Å². The zero-order valence-electron chi connectivity index (χ0n) is 13.4. The highest BCUT2D eigenvalue weighted by molar-refractivity contribution is 5.08. The minimum atomic E-state index is 0.465. The second-order valence-electron chi connectivity index (χ2n) is 6.26. The molecule has 0 aliphatic heterocycles. The van der Waals surface area contributed by atoms with Crippen LogP contribution in [0.4, 0.5) is 0 Å². The summed E-state index contributed by atoms with van der Waals surface area (Å²) in [6.07, 6.45) is 8.00. The van der Waals surface area contributed by atoms with Crippen LogP contribution in [0.15, 0.2) is 0 Å². The predicted octanol–water partition coefficient (Wildman–Crippen LogP) is 6.26. The Morgan fingerprint density at radius 3 is 1.94 bits per heavy atom. The first-order chi connectivity index (χ1) is 7.93. The molecule has 0 aromatic rings. The van der Waals surface area contributed by atoms with Crippen molar-refractivity contribution >= 4 is 0 Å². The fraction of sp³-hybridized carbons (Fsp3) is 0.941. The van der Waals surface area contributed by atoms with E-state index in [-0.39, 0.29) is 0 Å². The number of hydrogen-bond acceptors (Lipinski definition) is 0. The summed E-state index contributed by atoms with van der Waals surface area (Å²) in [6, 6.07) is 0. The lowest BCUT2D eigenvalue weighted by atomic mass is 9.60. The van der Waals surface area contributed by atoms with Gasteiger partial charge in [0.05, 0.1) is 0 Å². The van der Waals surface area contributed by atoms with Crippen LogP contribution in [-0.4, -0.2) is 0 Å². The third-order valence-corrected chi connectivity index (χ3v) is 4.70. The zero-order valence-corrected chi connectivity index (χ0v) is 13.4. The van der Waals surface area contributed by atoms with Crippen molar-refractivity contribution in [2.45, 2.75) is 87.0 Å². The van der Waals surface area contributed by atoms with Gasteiger partial charge in [0.25, 0.3) is 0 Å². The third-order valence-electron chi connectivity index (χ3n) is 4.70. The Labute approximate surface area is 111 Å². The van der Waals surface area contributed by atoms with E-state index in [1.165, 1.54) is 38.5 Å². The summed E-state index contributed by atoms with van der Waals surface area (Å²) >= 11 is 0. The van der Waals surface area contributed by atoms with Gasteiger partial charge in [0.1, 0.15) is 0 Å². The minimum absolute atomic E-state index is 0.465. The van der Waals surface area contributed by atoms with E-state index in [1.54, 1.807) is 0 Å². The number of hydrogen-bond donors (Lipinski definition) is 0. The summed E-state index contributed by atoms with van der Waals surface area (Å²) in [6.45, 7) is 16.7. The quantitative estimate of drug-likeness (QED) is 0.445. The average molecular weight is 239 g/mol. The Morgan fingerprint density at radius 2 is 1.59 bits per heavy atom. The van der Waals surface area contributed by atoms with Crippen LogP contribution in [-0.2, 0) is 0 Å². The number of unbranched alkanes of at least 4 members (excludes halogenated alkanes) is 1. The van der Waals surface area contributed by atoms with Crippen molar-refractivity contribution < 1.29 is 0 Å². The summed E-state index contributed by atoms with van der Waals surface area (Å²) in [5.41, 5.74) is 0.465. The fourth-order valence-corrected chi connectivity index (χ4v) is 3.29. The van der Waals surface area contributed by atoms with Gasteiger partial charge in [-0.3, -0.25) is 0 Å². The molecule has 0 nitrogen and oxygen atoms in total. The van der Waals surface area contributed by atoms with Gasteiger partial charge < -0.3 is 0 Å². The maximum Gasteiger partial charge on any atom is -0.0154 e. The largest absolute Gasteiger partial charge is 0.0654 e. The molecule has 0 rings (SSSR count). The normalized spacial score (nSPS) is 17.5. The van der Waals surface area contributed by atoms with Gasteiger partial charge in [-0.15, -0.1) is 0 Å². The molecule has 0 aliphatic rings.